The van der Waals surface area contributed by atoms with E-state index in [0.29, 0.717) is 5.46 Å². The zero-order valence-corrected chi connectivity index (χ0v) is 18.5. The molecule has 0 spiro atoms. The second-order valence-corrected chi connectivity index (χ2v) is 7.79. The van der Waals surface area contributed by atoms with Crippen molar-refractivity contribution in [2.24, 2.45) is 7.05 Å². The molecule has 3 aromatic rings. The van der Waals surface area contributed by atoms with Gasteiger partial charge in [0.25, 0.3) is 0 Å². The Kier molecular flexibility index (Phi) is 6.56. The highest BCUT2D eigenvalue weighted by Crippen LogP contribution is 2.22. The summed E-state index contributed by atoms with van der Waals surface area (Å²) in [6.07, 6.45) is 4.73. The smallest absolute Gasteiger partial charge is 0.423 e. The summed E-state index contributed by atoms with van der Waals surface area (Å²) in [5, 5.41) is 18.0. The molecule has 4 rings (SSSR count). The van der Waals surface area contributed by atoms with Crippen LogP contribution in [0.2, 0.25) is 0 Å². The Morgan fingerprint density at radius 2 is 2.14 bits per heavy atom. The van der Waals surface area contributed by atoms with Crippen LogP contribution in [0.15, 0.2) is 30.6 Å². The van der Waals surface area contributed by atoms with E-state index in [9.17, 15) is 9.41 Å². The number of aryl methyl sites for hydroxylation is 2. The summed E-state index contributed by atoms with van der Waals surface area (Å²) in [5.74, 6) is -0.293. The molecule has 0 aliphatic carbocycles. The first kappa shape index (κ1) is 21.0. The molecule has 0 radical (unpaired) electrons. The lowest BCUT2D eigenvalue weighted by molar-refractivity contribution is 0.208. The minimum atomic E-state index is -0.893. The molecule has 0 amide bonds. The third-order valence-corrected chi connectivity index (χ3v) is 5.75. The van der Waals surface area contributed by atoms with Gasteiger partial charge in [-0.05, 0) is 72.1 Å². The summed E-state index contributed by atoms with van der Waals surface area (Å²) in [5.41, 5.74) is 5.19. The Hall–Kier alpha value is -1.72. The number of nitrogens with zero attached hydrogens (tertiary/aromatic N) is 4. The van der Waals surface area contributed by atoms with Gasteiger partial charge in [0.2, 0.25) is 0 Å². The SMILES string of the molecule is CCn1cc(Cc2c(I)nn(C)c2C)cn1.C[C@H]1OB(O)c2ccc(F)cc21. The van der Waals surface area contributed by atoms with E-state index < -0.39 is 7.12 Å². The van der Waals surface area contributed by atoms with Gasteiger partial charge in [-0.15, -0.1) is 0 Å². The predicted octanol–water partition coefficient (Wildman–Crippen LogP) is 2.74. The standard InChI is InChI=1S/C11H15IN4.C8H8BFO2/c1-4-16-7-9(6-13-16)5-10-8(2)15(3)14-11(10)12;1-5-7-4-6(10)2-3-8(7)9(11)12-5/h6-7H,4-5H2,1-3H3;2-5,11H,1H3/t;5-/m.1/s1. The lowest BCUT2D eigenvalue weighted by Gasteiger charge is -2.02. The van der Waals surface area contributed by atoms with E-state index in [4.69, 9.17) is 4.65 Å². The first-order chi connectivity index (χ1) is 13.3. The van der Waals surface area contributed by atoms with Crippen LogP contribution in [-0.4, -0.2) is 31.7 Å². The van der Waals surface area contributed by atoms with E-state index in [0.717, 1.165) is 22.2 Å². The number of rotatable bonds is 3. The van der Waals surface area contributed by atoms with Crippen molar-refractivity contribution in [1.29, 1.82) is 0 Å². The van der Waals surface area contributed by atoms with Crippen molar-refractivity contribution in [1.82, 2.24) is 19.6 Å². The summed E-state index contributed by atoms with van der Waals surface area (Å²) < 4.78 is 22.8. The number of hydrogen-bond acceptors (Lipinski definition) is 4. The van der Waals surface area contributed by atoms with Crippen LogP contribution >= 0.6 is 22.6 Å². The molecule has 3 heterocycles. The minimum Gasteiger partial charge on any atom is -0.423 e. The number of halogens is 2. The normalized spacial score (nSPS) is 15.4. The van der Waals surface area contributed by atoms with Gasteiger partial charge in [-0.3, -0.25) is 9.36 Å². The molecule has 0 bridgehead atoms. The average Bonchev–Trinajstić information content (AvgIpc) is 3.30. The Morgan fingerprint density at radius 3 is 2.75 bits per heavy atom. The van der Waals surface area contributed by atoms with Crippen molar-refractivity contribution in [3.8, 4) is 0 Å². The maximum atomic E-state index is 12.7. The van der Waals surface area contributed by atoms with E-state index in [-0.39, 0.29) is 11.9 Å². The van der Waals surface area contributed by atoms with E-state index in [1.54, 1.807) is 13.0 Å². The van der Waals surface area contributed by atoms with Crippen LogP contribution in [-0.2, 0) is 24.7 Å². The Morgan fingerprint density at radius 1 is 1.39 bits per heavy atom. The molecule has 0 saturated carbocycles. The van der Waals surface area contributed by atoms with Gasteiger partial charge in [-0.2, -0.15) is 10.2 Å². The molecule has 0 unspecified atom stereocenters. The first-order valence-electron chi connectivity index (χ1n) is 9.12. The second-order valence-electron chi connectivity index (χ2n) is 6.76. The lowest BCUT2D eigenvalue weighted by Crippen LogP contribution is -2.27. The van der Waals surface area contributed by atoms with Gasteiger partial charge in [0.1, 0.15) is 9.52 Å². The molecule has 28 heavy (non-hydrogen) atoms. The van der Waals surface area contributed by atoms with Crippen molar-refractivity contribution in [2.45, 2.75) is 39.8 Å². The van der Waals surface area contributed by atoms with E-state index in [1.807, 2.05) is 22.6 Å². The molecule has 1 aliphatic heterocycles. The Bertz CT molecular complexity index is 975. The van der Waals surface area contributed by atoms with Gasteiger partial charge in [0.05, 0.1) is 12.3 Å². The molecular weight excluding hydrogens is 473 g/mol. The van der Waals surface area contributed by atoms with Crippen molar-refractivity contribution in [2.75, 3.05) is 0 Å². The fourth-order valence-electron chi connectivity index (χ4n) is 3.15. The van der Waals surface area contributed by atoms with Crippen LogP contribution in [0.1, 0.15) is 42.3 Å². The summed E-state index contributed by atoms with van der Waals surface area (Å²) in [6, 6.07) is 4.28. The predicted molar refractivity (Wildman–Crippen MR) is 115 cm³/mol. The average molecular weight is 496 g/mol. The molecule has 1 aliphatic rings. The molecule has 0 fully saturated rings. The number of aromatic nitrogens is 4. The largest absolute Gasteiger partial charge is 0.491 e. The Labute approximate surface area is 178 Å². The molecular formula is C19H23BFIN4O2. The molecule has 6 nitrogen and oxygen atoms in total. The van der Waals surface area contributed by atoms with Crippen LogP contribution in [0.5, 0.6) is 0 Å². The van der Waals surface area contributed by atoms with Gasteiger partial charge in [0.15, 0.2) is 0 Å². The van der Waals surface area contributed by atoms with E-state index in [2.05, 4.69) is 52.8 Å². The Balaban J connectivity index is 0.000000167. The topological polar surface area (TPSA) is 65.1 Å². The number of benzene rings is 1. The van der Waals surface area contributed by atoms with Crippen molar-refractivity contribution < 1.29 is 14.1 Å². The number of hydrogen-bond donors (Lipinski definition) is 1. The molecule has 1 atom stereocenters. The van der Waals surface area contributed by atoms with Crippen molar-refractivity contribution in [3.63, 3.8) is 0 Å². The molecule has 1 N–H and O–H groups in total. The second kappa shape index (κ2) is 8.75. The highest BCUT2D eigenvalue weighted by molar-refractivity contribution is 14.1. The molecule has 1 aromatic carbocycles. The first-order valence-corrected chi connectivity index (χ1v) is 10.2. The summed E-state index contributed by atoms with van der Waals surface area (Å²) in [6.45, 7) is 6.90. The number of fused-ring (bicyclic) bond motifs is 1. The molecule has 2 aromatic heterocycles. The summed E-state index contributed by atoms with van der Waals surface area (Å²) in [4.78, 5) is 0. The van der Waals surface area contributed by atoms with Gasteiger partial charge >= 0.3 is 7.12 Å². The van der Waals surface area contributed by atoms with Crippen LogP contribution in [0, 0.1) is 16.4 Å². The monoisotopic (exact) mass is 496 g/mol. The molecule has 9 heteroatoms. The quantitative estimate of drug-likeness (QED) is 0.448. The van der Waals surface area contributed by atoms with Gasteiger partial charge in [-0.25, -0.2) is 4.39 Å². The fraction of sp³-hybridized carbons (Fsp3) is 0.368. The van der Waals surface area contributed by atoms with Gasteiger partial charge < -0.3 is 9.68 Å². The fourth-order valence-corrected chi connectivity index (χ4v) is 4.05. The van der Waals surface area contributed by atoms with Crippen molar-refractivity contribution >= 4 is 35.2 Å². The lowest BCUT2D eigenvalue weighted by atomic mass is 9.79. The van der Waals surface area contributed by atoms with E-state index in [1.165, 1.54) is 29.0 Å². The van der Waals surface area contributed by atoms with Gasteiger partial charge in [-0.1, -0.05) is 6.07 Å². The molecule has 0 saturated heterocycles. The maximum absolute atomic E-state index is 12.7. The molecule has 148 valence electrons. The van der Waals surface area contributed by atoms with Crippen molar-refractivity contribution in [3.05, 3.63) is 62.5 Å². The highest BCUT2D eigenvalue weighted by Gasteiger charge is 2.32. The summed E-state index contributed by atoms with van der Waals surface area (Å²) >= 11 is 2.29. The van der Waals surface area contributed by atoms with Crippen LogP contribution in [0.4, 0.5) is 4.39 Å². The van der Waals surface area contributed by atoms with Gasteiger partial charge in [0, 0.05) is 37.5 Å². The van der Waals surface area contributed by atoms with Crippen LogP contribution < -0.4 is 5.46 Å². The van der Waals surface area contributed by atoms with E-state index >= 15 is 0 Å². The minimum absolute atomic E-state index is 0.217. The third kappa shape index (κ3) is 4.47. The van der Waals surface area contributed by atoms with Crippen LogP contribution in [0.25, 0.3) is 0 Å². The highest BCUT2D eigenvalue weighted by atomic mass is 127. The zero-order chi connectivity index (χ0) is 20.4. The zero-order valence-electron chi connectivity index (χ0n) is 16.4. The maximum Gasteiger partial charge on any atom is 0.491 e. The summed E-state index contributed by atoms with van der Waals surface area (Å²) in [7, 11) is 1.09. The van der Waals surface area contributed by atoms with Crippen LogP contribution in [0.3, 0.4) is 0 Å². The third-order valence-electron chi connectivity index (χ3n) is 4.89.